The quantitative estimate of drug-likeness (QED) is 0.294. The number of hydrogen-bond donors (Lipinski definition) is 0. The summed E-state index contributed by atoms with van der Waals surface area (Å²) in [7, 11) is 1.25. The number of nitro benzene ring substituents is 1. The van der Waals surface area contributed by atoms with E-state index in [4.69, 9.17) is 0 Å². The van der Waals surface area contributed by atoms with Crippen LogP contribution in [0, 0.1) is 10.1 Å². The van der Waals surface area contributed by atoms with Gasteiger partial charge in [-0.15, -0.1) is 0 Å². The predicted octanol–water partition coefficient (Wildman–Crippen LogP) is 2.32. The van der Waals surface area contributed by atoms with Crippen molar-refractivity contribution in [2.45, 2.75) is 31.3 Å². The van der Waals surface area contributed by atoms with Gasteiger partial charge in [-0.2, -0.15) is 0 Å². The van der Waals surface area contributed by atoms with E-state index < -0.39 is 34.7 Å². The van der Waals surface area contributed by atoms with Gasteiger partial charge in [0.2, 0.25) is 5.91 Å². The zero-order valence-corrected chi connectivity index (χ0v) is 17.1. The molecule has 1 aliphatic carbocycles. The van der Waals surface area contributed by atoms with E-state index in [2.05, 4.69) is 4.74 Å². The number of carbonyl (C=O) groups is 4. The summed E-state index contributed by atoms with van der Waals surface area (Å²) in [6, 6.07) is 9.89. The minimum Gasteiger partial charge on any atom is -0.465 e. The number of nitro groups is 1. The number of imide groups is 1. The van der Waals surface area contributed by atoms with E-state index in [1.165, 1.54) is 60.5 Å². The number of esters is 1. The molecule has 1 aliphatic heterocycles. The van der Waals surface area contributed by atoms with Crippen LogP contribution in [0.4, 0.5) is 11.4 Å². The van der Waals surface area contributed by atoms with Crippen LogP contribution in [0.3, 0.4) is 0 Å². The second-order valence-corrected chi connectivity index (χ2v) is 7.57. The summed E-state index contributed by atoms with van der Waals surface area (Å²) >= 11 is 0. The van der Waals surface area contributed by atoms with Gasteiger partial charge in [0, 0.05) is 23.7 Å². The molecule has 10 nitrogen and oxygen atoms in total. The van der Waals surface area contributed by atoms with Gasteiger partial charge in [0.05, 0.1) is 29.7 Å². The van der Waals surface area contributed by atoms with Crippen molar-refractivity contribution in [3.63, 3.8) is 0 Å². The molecule has 1 saturated heterocycles. The lowest BCUT2D eigenvalue weighted by atomic mass is 10.1. The Hall–Kier alpha value is -4.08. The van der Waals surface area contributed by atoms with Crippen LogP contribution in [-0.4, -0.2) is 52.7 Å². The molecular formula is C22H19N3O7. The smallest absolute Gasteiger partial charge is 0.337 e. The van der Waals surface area contributed by atoms with Gasteiger partial charge < -0.3 is 9.64 Å². The highest BCUT2D eigenvalue weighted by atomic mass is 16.6. The Morgan fingerprint density at radius 2 is 1.62 bits per heavy atom. The van der Waals surface area contributed by atoms with Crippen LogP contribution in [-0.2, 0) is 14.3 Å². The number of nitrogens with zero attached hydrogens (tertiary/aromatic N) is 3. The van der Waals surface area contributed by atoms with Gasteiger partial charge in [-0.3, -0.25) is 24.5 Å². The molecule has 10 heteroatoms. The van der Waals surface area contributed by atoms with E-state index in [-0.39, 0.29) is 29.3 Å². The number of carbonyl (C=O) groups excluding carboxylic acids is 4. The monoisotopic (exact) mass is 437 g/mol. The largest absolute Gasteiger partial charge is 0.465 e. The number of amides is 3. The number of methoxy groups -OCH3 is 1. The summed E-state index contributed by atoms with van der Waals surface area (Å²) in [6.45, 7) is 0. The molecule has 0 radical (unpaired) electrons. The first-order chi connectivity index (χ1) is 15.3. The van der Waals surface area contributed by atoms with Gasteiger partial charge in [0.25, 0.3) is 17.5 Å². The first-order valence-electron chi connectivity index (χ1n) is 9.94. The lowest BCUT2D eigenvalue weighted by molar-refractivity contribution is -0.384. The number of ether oxygens (including phenoxy) is 1. The lowest BCUT2D eigenvalue weighted by Crippen LogP contribution is -2.46. The van der Waals surface area contributed by atoms with E-state index in [0.29, 0.717) is 18.5 Å². The van der Waals surface area contributed by atoms with Gasteiger partial charge in [-0.1, -0.05) is 0 Å². The SMILES string of the molecule is COC(=O)c1ccc(N2C(=O)CC(N(C(=O)c3ccc([N+](=O)[O-])cc3)C3CC3)C2=O)cc1. The summed E-state index contributed by atoms with van der Waals surface area (Å²) in [5.74, 6) is -1.96. The van der Waals surface area contributed by atoms with Crippen molar-refractivity contribution in [2.75, 3.05) is 12.0 Å². The van der Waals surface area contributed by atoms with Crippen LogP contribution < -0.4 is 4.90 Å². The molecule has 1 unspecified atom stereocenters. The highest BCUT2D eigenvalue weighted by Crippen LogP contribution is 2.35. The highest BCUT2D eigenvalue weighted by molar-refractivity contribution is 6.23. The molecule has 1 saturated carbocycles. The molecule has 4 rings (SSSR count). The minimum absolute atomic E-state index is 0.145. The first-order valence-corrected chi connectivity index (χ1v) is 9.94. The van der Waals surface area contributed by atoms with Gasteiger partial charge in [0.15, 0.2) is 0 Å². The molecule has 0 bridgehead atoms. The average molecular weight is 437 g/mol. The van der Waals surface area contributed by atoms with E-state index in [1.807, 2.05) is 0 Å². The predicted molar refractivity (Wildman–Crippen MR) is 111 cm³/mol. The second kappa shape index (κ2) is 8.22. The van der Waals surface area contributed by atoms with Crippen LogP contribution in [0.25, 0.3) is 0 Å². The van der Waals surface area contributed by atoms with Crippen LogP contribution in [0.5, 0.6) is 0 Å². The van der Waals surface area contributed by atoms with Crippen molar-refractivity contribution in [3.8, 4) is 0 Å². The molecule has 2 aromatic rings. The standard InChI is InChI=1S/C22H19N3O7/c1-32-22(29)14-4-6-16(7-5-14)24-19(26)12-18(21(24)28)23(15-10-11-15)20(27)13-2-8-17(9-3-13)25(30)31/h2-9,15,18H,10-12H2,1H3. The normalized spacial score (nSPS) is 17.9. The molecule has 2 aliphatic rings. The zero-order chi connectivity index (χ0) is 23.0. The third-order valence-electron chi connectivity index (χ3n) is 5.51. The van der Waals surface area contributed by atoms with Crippen molar-refractivity contribution >= 4 is 35.1 Å². The van der Waals surface area contributed by atoms with E-state index in [0.717, 1.165) is 4.90 Å². The number of non-ortho nitro benzene ring substituents is 1. The van der Waals surface area contributed by atoms with Gasteiger partial charge in [-0.05, 0) is 49.2 Å². The van der Waals surface area contributed by atoms with Crippen LogP contribution in [0.15, 0.2) is 48.5 Å². The van der Waals surface area contributed by atoms with Crippen LogP contribution in [0.2, 0.25) is 0 Å². The van der Waals surface area contributed by atoms with Crippen molar-refractivity contribution in [2.24, 2.45) is 0 Å². The third kappa shape index (κ3) is 3.82. The Morgan fingerprint density at radius 1 is 1.03 bits per heavy atom. The Bertz CT molecular complexity index is 1110. The summed E-state index contributed by atoms with van der Waals surface area (Å²) in [4.78, 5) is 63.4. The average Bonchev–Trinajstić information content (AvgIpc) is 3.59. The van der Waals surface area contributed by atoms with E-state index >= 15 is 0 Å². The molecule has 32 heavy (non-hydrogen) atoms. The second-order valence-electron chi connectivity index (χ2n) is 7.57. The fourth-order valence-corrected chi connectivity index (χ4v) is 3.76. The fraction of sp³-hybridized carbons (Fsp3) is 0.273. The Kier molecular flexibility index (Phi) is 5.43. The molecule has 2 fully saturated rings. The van der Waals surface area contributed by atoms with Crippen molar-refractivity contribution in [3.05, 3.63) is 69.8 Å². The Balaban J connectivity index is 1.58. The highest BCUT2D eigenvalue weighted by Gasteiger charge is 2.48. The number of benzene rings is 2. The maximum absolute atomic E-state index is 13.2. The fourth-order valence-electron chi connectivity index (χ4n) is 3.76. The van der Waals surface area contributed by atoms with Crippen molar-refractivity contribution in [1.82, 2.24) is 4.90 Å². The van der Waals surface area contributed by atoms with E-state index in [1.54, 1.807) is 0 Å². The summed E-state index contributed by atoms with van der Waals surface area (Å²) < 4.78 is 4.65. The molecule has 164 valence electrons. The van der Waals surface area contributed by atoms with E-state index in [9.17, 15) is 29.3 Å². The summed E-state index contributed by atoms with van der Waals surface area (Å²) in [6.07, 6.45) is 1.27. The molecule has 0 N–H and O–H groups in total. The van der Waals surface area contributed by atoms with Crippen molar-refractivity contribution < 1.29 is 28.8 Å². The number of hydrogen-bond acceptors (Lipinski definition) is 7. The Morgan fingerprint density at radius 3 is 2.16 bits per heavy atom. The zero-order valence-electron chi connectivity index (χ0n) is 17.1. The minimum atomic E-state index is -0.960. The summed E-state index contributed by atoms with van der Waals surface area (Å²) in [5.41, 5.74) is 0.644. The maximum atomic E-state index is 13.2. The molecular weight excluding hydrogens is 418 g/mol. The number of rotatable bonds is 6. The molecule has 3 amide bonds. The molecule has 1 heterocycles. The molecule has 0 aromatic heterocycles. The van der Waals surface area contributed by atoms with Crippen molar-refractivity contribution in [1.29, 1.82) is 0 Å². The van der Waals surface area contributed by atoms with Gasteiger partial charge >= 0.3 is 5.97 Å². The molecule has 2 aromatic carbocycles. The topological polar surface area (TPSA) is 127 Å². The Labute approximate surface area is 182 Å². The molecule has 1 atom stereocenters. The van der Waals surface area contributed by atoms with Crippen LogP contribution >= 0.6 is 0 Å². The first kappa shape index (κ1) is 21.2. The van der Waals surface area contributed by atoms with Gasteiger partial charge in [0.1, 0.15) is 6.04 Å². The maximum Gasteiger partial charge on any atom is 0.337 e. The summed E-state index contributed by atoms with van der Waals surface area (Å²) in [5, 5.41) is 10.9. The molecule has 0 spiro atoms. The third-order valence-corrected chi connectivity index (χ3v) is 5.51. The lowest BCUT2D eigenvalue weighted by Gasteiger charge is -2.27. The number of anilines is 1. The van der Waals surface area contributed by atoms with Gasteiger partial charge in [-0.25, -0.2) is 9.69 Å². The van der Waals surface area contributed by atoms with Crippen LogP contribution in [0.1, 0.15) is 40.0 Å².